The summed E-state index contributed by atoms with van der Waals surface area (Å²) in [5, 5.41) is 52.8. The third-order valence-corrected chi connectivity index (χ3v) is 9.37. The van der Waals surface area contributed by atoms with Crippen LogP contribution in [0.1, 0.15) is 80.0 Å². The number of benzene rings is 4. The normalized spacial score (nSPS) is 12.8. The molecule has 4 aromatic carbocycles. The number of amides is 5. The number of hydrogen-bond donors (Lipinski definition) is 8. The number of nitrogens with zero attached hydrogens (tertiary/aromatic N) is 1. The number of aromatic carboxylic acids is 1. The maximum atomic E-state index is 13.2. The number of phenolic OH excluding ortho intramolecular Hbond substituents is 1. The van der Waals surface area contributed by atoms with Crippen molar-refractivity contribution in [3.8, 4) is 29.1 Å². The van der Waals surface area contributed by atoms with Gasteiger partial charge < -0.3 is 51.4 Å². The van der Waals surface area contributed by atoms with E-state index in [0.717, 1.165) is 45.3 Å². The van der Waals surface area contributed by atoms with E-state index in [-0.39, 0.29) is 63.5 Å². The van der Waals surface area contributed by atoms with E-state index in [0.29, 0.717) is 5.69 Å². The third kappa shape index (κ3) is 9.78. The number of methoxy groups -OCH3 is 2. The average molecular weight is 793 g/mol. The van der Waals surface area contributed by atoms with E-state index < -0.39 is 52.7 Å². The summed E-state index contributed by atoms with van der Waals surface area (Å²) in [5.74, 6) is -6.26. The van der Waals surface area contributed by atoms with E-state index in [9.17, 15) is 49.3 Å². The Balaban J connectivity index is 1.19. The molecular weight excluding hydrogens is 752 g/mol. The molecule has 0 unspecified atom stereocenters. The quantitative estimate of drug-likeness (QED) is 0.0788. The summed E-state index contributed by atoms with van der Waals surface area (Å²) in [5.41, 5.74) is 0.293. The monoisotopic (exact) mass is 792 g/mol. The van der Waals surface area contributed by atoms with Gasteiger partial charge in [-0.2, -0.15) is 5.26 Å². The molecule has 0 radical (unpaired) electrons. The van der Waals surface area contributed by atoms with Crippen LogP contribution in [0.25, 0.3) is 0 Å². The summed E-state index contributed by atoms with van der Waals surface area (Å²) < 4.78 is 10.3. The summed E-state index contributed by atoms with van der Waals surface area (Å²) in [6.45, 7) is 0. The molecule has 0 aliphatic heterocycles. The van der Waals surface area contributed by atoms with E-state index in [1.54, 1.807) is 12.1 Å². The summed E-state index contributed by atoms with van der Waals surface area (Å²) in [6, 6.07) is 17.3. The second-order valence-corrected chi connectivity index (χ2v) is 13.2. The number of aromatic hydroxyl groups is 2. The number of carbonyl (C=O) groups is 6. The van der Waals surface area contributed by atoms with Crippen LogP contribution in [0, 0.1) is 17.2 Å². The van der Waals surface area contributed by atoms with E-state index in [4.69, 9.17) is 9.47 Å². The summed E-state index contributed by atoms with van der Waals surface area (Å²) in [7, 11) is 2.37. The van der Waals surface area contributed by atoms with Crippen molar-refractivity contribution >= 4 is 58.3 Å². The van der Waals surface area contributed by atoms with Crippen LogP contribution in [0.15, 0.2) is 72.8 Å². The highest BCUT2D eigenvalue weighted by Crippen LogP contribution is 2.40. The van der Waals surface area contributed by atoms with E-state index in [2.05, 4.69) is 26.6 Å². The van der Waals surface area contributed by atoms with E-state index in [1.807, 2.05) is 6.07 Å². The highest BCUT2D eigenvalue weighted by Gasteiger charge is 2.25. The zero-order chi connectivity index (χ0) is 41.9. The Morgan fingerprint density at radius 2 is 1.17 bits per heavy atom. The number of anilines is 4. The molecule has 1 aliphatic carbocycles. The molecule has 300 valence electrons. The highest BCUT2D eigenvalue weighted by atomic mass is 16.5. The van der Waals surface area contributed by atoms with Crippen molar-refractivity contribution in [2.75, 3.05) is 35.5 Å². The number of ether oxygens (including phenoxy) is 2. The molecule has 0 heterocycles. The standard InChI is InChI=1S/C41H40N6O11/c1-57-34-29(18-16-27(32(34)48)39(53)46-30-19-17-28(41(55)56)33(49)35(30)58-2)45-37(51)23-10-14-26(15-11-23)44-40(54)31(20-21-42)47-38(52)24-8-12-25(13-9-24)43-36(50)22-6-4-3-5-7-22/h8-19,22,31,48-49H,3-7,20H2,1-2H3,(H,43,50)(H,44,54)(H,45,51)(H,46,53)(H,47,52)(H,55,56)/t31-/m0/s1. The van der Waals surface area contributed by atoms with Crippen LogP contribution in [-0.4, -0.2) is 71.1 Å². The van der Waals surface area contributed by atoms with Crippen LogP contribution < -0.4 is 36.1 Å². The van der Waals surface area contributed by atoms with E-state index in [1.165, 1.54) is 61.7 Å². The van der Waals surface area contributed by atoms with E-state index >= 15 is 0 Å². The Morgan fingerprint density at radius 1 is 0.672 bits per heavy atom. The highest BCUT2D eigenvalue weighted by molar-refractivity contribution is 6.10. The van der Waals surface area contributed by atoms with Crippen LogP contribution >= 0.6 is 0 Å². The first-order valence-electron chi connectivity index (χ1n) is 18.0. The zero-order valence-corrected chi connectivity index (χ0v) is 31.4. The molecule has 17 heteroatoms. The van der Waals surface area contributed by atoms with Gasteiger partial charge in [0.05, 0.1) is 43.6 Å². The number of phenols is 2. The molecule has 17 nitrogen and oxygen atoms in total. The van der Waals surface area contributed by atoms with Gasteiger partial charge in [-0.1, -0.05) is 19.3 Å². The van der Waals surface area contributed by atoms with Crippen molar-refractivity contribution in [2.24, 2.45) is 5.92 Å². The Morgan fingerprint density at radius 3 is 1.71 bits per heavy atom. The molecule has 0 aromatic heterocycles. The second-order valence-electron chi connectivity index (χ2n) is 13.2. The largest absolute Gasteiger partial charge is 0.504 e. The Kier molecular flexibility index (Phi) is 13.5. The SMILES string of the molecule is COc1c(NC(=O)c2ccc(NC(=O)c3ccc(NC(=O)[C@H](CC#N)NC(=O)c4ccc(NC(=O)C5CCCCC5)cc4)cc3)c(OC)c2O)ccc(C(=O)O)c1O. The summed E-state index contributed by atoms with van der Waals surface area (Å²) in [6.07, 6.45) is 4.53. The van der Waals surface area contributed by atoms with Gasteiger partial charge >= 0.3 is 5.97 Å². The predicted molar refractivity (Wildman–Crippen MR) is 210 cm³/mol. The first kappa shape index (κ1) is 41.6. The molecule has 5 amide bonds. The summed E-state index contributed by atoms with van der Waals surface area (Å²) in [4.78, 5) is 76.3. The molecule has 0 bridgehead atoms. The fourth-order valence-electron chi connectivity index (χ4n) is 6.28. The van der Waals surface area contributed by atoms with Gasteiger partial charge in [-0.3, -0.25) is 24.0 Å². The molecule has 1 atom stereocenters. The lowest BCUT2D eigenvalue weighted by Crippen LogP contribution is -2.43. The smallest absolute Gasteiger partial charge is 0.339 e. The molecule has 5 rings (SSSR count). The van der Waals surface area contributed by atoms with Crippen molar-refractivity contribution in [1.82, 2.24) is 5.32 Å². The fraction of sp³-hybridized carbons (Fsp3) is 0.244. The van der Waals surface area contributed by atoms with Crippen molar-refractivity contribution in [2.45, 2.75) is 44.6 Å². The molecular formula is C41H40N6O11. The van der Waals surface area contributed by atoms with Crippen molar-refractivity contribution < 1.29 is 53.6 Å². The molecule has 1 aliphatic rings. The number of hydrogen-bond acceptors (Lipinski definition) is 11. The van der Waals surface area contributed by atoms with Gasteiger partial charge in [-0.25, -0.2) is 4.79 Å². The van der Waals surface area contributed by atoms with Crippen molar-refractivity contribution in [1.29, 1.82) is 5.26 Å². The maximum Gasteiger partial charge on any atom is 0.339 e. The molecule has 1 saturated carbocycles. The van der Waals surface area contributed by atoms with Crippen LogP contribution in [0.5, 0.6) is 23.0 Å². The molecule has 0 spiro atoms. The number of rotatable bonds is 14. The molecule has 4 aromatic rings. The molecule has 58 heavy (non-hydrogen) atoms. The number of carbonyl (C=O) groups excluding carboxylic acids is 5. The number of carboxylic acids is 1. The van der Waals surface area contributed by atoms with Gasteiger partial charge in [0.25, 0.3) is 17.7 Å². The van der Waals surface area contributed by atoms with Crippen LogP contribution in [0.4, 0.5) is 22.7 Å². The maximum absolute atomic E-state index is 13.2. The summed E-state index contributed by atoms with van der Waals surface area (Å²) >= 11 is 0. The van der Waals surface area contributed by atoms with Gasteiger partial charge in [-0.15, -0.1) is 0 Å². The molecule has 1 fully saturated rings. The minimum atomic E-state index is -1.42. The Bertz CT molecular complexity index is 2260. The number of nitriles is 1. The van der Waals surface area contributed by atoms with Gasteiger partial charge in [0, 0.05) is 28.4 Å². The Hall–Kier alpha value is -7.61. The number of carboxylic acid groups (broad SMARTS) is 1. The fourth-order valence-corrected chi connectivity index (χ4v) is 6.28. The first-order valence-corrected chi connectivity index (χ1v) is 18.0. The Labute approximate surface area is 332 Å². The van der Waals surface area contributed by atoms with Crippen molar-refractivity contribution in [3.05, 3.63) is 95.1 Å². The van der Waals surface area contributed by atoms with Gasteiger partial charge in [0.15, 0.2) is 23.0 Å². The van der Waals surface area contributed by atoms with Gasteiger partial charge in [0.2, 0.25) is 11.8 Å². The second kappa shape index (κ2) is 18.8. The lowest BCUT2D eigenvalue weighted by molar-refractivity contribution is -0.120. The molecule has 0 saturated heterocycles. The minimum absolute atomic E-state index is 0.00566. The minimum Gasteiger partial charge on any atom is -0.504 e. The molecule has 8 N–H and O–H groups in total. The van der Waals surface area contributed by atoms with Crippen LogP contribution in [0.2, 0.25) is 0 Å². The lowest BCUT2D eigenvalue weighted by Gasteiger charge is -2.20. The third-order valence-electron chi connectivity index (χ3n) is 9.37. The number of nitrogens with one attached hydrogen (secondary N) is 5. The van der Waals surface area contributed by atoms with Gasteiger partial charge in [0.1, 0.15) is 11.6 Å². The predicted octanol–water partition coefficient (Wildman–Crippen LogP) is 5.49. The van der Waals surface area contributed by atoms with Gasteiger partial charge in [-0.05, 0) is 85.6 Å². The van der Waals surface area contributed by atoms with Crippen molar-refractivity contribution in [3.63, 3.8) is 0 Å². The van der Waals surface area contributed by atoms with Crippen LogP contribution in [-0.2, 0) is 9.59 Å². The van der Waals surface area contributed by atoms with Crippen LogP contribution in [0.3, 0.4) is 0 Å². The average Bonchev–Trinajstić information content (AvgIpc) is 3.21. The topological polar surface area (TPSA) is 266 Å². The zero-order valence-electron chi connectivity index (χ0n) is 31.4. The first-order chi connectivity index (χ1) is 27.8. The lowest BCUT2D eigenvalue weighted by atomic mass is 9.88.